The zero-order valence-electron chi connectivity index (χ0n) is 9.91. The van der Waals surface area contributed by atoms with Gasteiger partial charge in [0.05, 0.1) is 25.7 Å². The summed E-state index contributed by atoms with van der Waals surface area (Å²) in [5, 5.41) is 2.01. The summed E-state index contributed by atoms with van der Waals surface area (Å²) in [6.07, 6.45) is 5.18. The van der Waals surface area contributed by atoms with Crippen molar-refractivity contribution in [2.75, 3.05) is 7.11 Å². The van der Waals surface area contributed by atoms with Crippen LogP contribution in [0.3, 0.4) is 0 Å². The van der Waals surface area contributed by atoms with Gasteiger partial charge in [-0.1, -0.05) is 11.6 Å². The molecule has 8 heteroatoms. The van der Waals surface area contributed by atoms with Gasteiger partial charge in [0.25, 0.3) is 5.56 Å². The van der Waals surface area contributed by atoms with Crippen molar-refractivity contribution in [2.24, 2.45) is 0 Å². The summed E-state index contributed by atoms with van der Waals surface area (Å²) >= 11 is 7.32. The molecule has 0 saturated carbocycles. The molecule has 0 unspecified atom stereocenters. The lowest BCUT2D eigenvalue weighted by Gasteiger charge is -2.06. The first-order chi connectivity index (χ1) is 9.19. The van der Waals surface area contributed by atoms with Crippen molar-refractivity contribution in [3.05, 3.63) is 45.3 Å². The van der Waals surface area contributed by atoms with Gasteiger partial charge in [0.2, 0.25) is 5.75 Å². The second kappa shape index (κ2) is 4.67. The zero-order chi connectivity index (χ0) is 13.4. The summed E-state index contributed by atoms with van der Waals surface area (Å²) in [4.78, 5) is 21.3. The molecule has 0 radical (unpaired) electrons. The Bertz CT molecular complexity index is 763. The molecule has 19 heavy (non-hydrogen) atoms. The predicted molar refractivity (Wildman–Crippen MR) is 72.2 cm³/mol. The van der Waals surface area contributed by atoms with Crippen molar-refractivity contribution in [3.63, 3.8) is 0 Å². The second-order valence-electron chi connectivity index (χ2n) is 3.83. The van der Waals surface area contributed by atoms with Crippen LogP contribution in [-0.4, -0.2) is 26.0 Å². The molecule has 0 N–H and O–H groups in total. The Morgan fingerprint density at radius 1 is 1.53 bits per heavy atom. The fourth-order valence-corrected chi connectivity index (χ4v) is 2.68. The van der Waals surface area contributed by atoms with E-state index < -0.39 is 0 Å². The molecule has 0 aromatic carbocycles. The topological polar surface area (TPSA) is 61.4 Å². The van der Waals surface area contributed by atoms with E-state index in [0.717, 1.165) is 10.7 Å². The number of methoxy groups -OCH3 is 1. The fourth-order valence-electron chi connectivity index (χ4n) is 1.76. The van der Waals surface area contributed by atoms with Gasteiger partial charge < -0.3 is 4.74 Å². The molecule has 3 rings (SSSR count). The molecule has 0 bridgehead atoms. The van der Waals surface area contributed by atoms with Gasteiger partial charge in [0.1, 0.15) is 0 Å². The highest BCUT2D eigenvalue weighted by atomic mass is 35.5. The fraction of sp³-hybridized carbons (Fsp3) is 0.182. The molecule has 0 aliphatic heterocycles. The Kier molecular flexibility index (Phi) is 3.00. The third-order valence-electron chi connectivity index (χ3n) is 2.63. The maximum Gasteiger partial charge on any atom is 0.297 e. The van der Waals surface area contributed by atoms with Crippen LogP contribution < -0.4 is 10.3 Å². The monoisotopic (exact) mass is 296 g/mol. The van der Waals surface area contributed by atoms with Gasteiger partial charge in [-0.2, -0.15) is 0 Å². The van der Waals surface area contributed by atoms with E-state index in [9.17, 15) is 4.79 Å². The van der Waals surface area contributed by atoms with Crippen LogP contribution in [0.1, 0.15) is 5.69 Å². The van der Waals surface area contributed by atoms with Crippen LogP contribution in [0.5, 0.6) is 5.75 Å². The number of hydrogen-bond donors (Lipinski definition) is 0. The maximum atomic E-state index is 12.1. The van der Waals surface area contributed by atoms with Gasteiger partial charge in [-0.3, -0.25) is 13.8 Å². The van der Waals surface area contributed by atoms with E-state index in [2.05, 4.69) is 9.97 Å². The van der Waals surface area contributed by atoms with Crippen molar-refractivity contribution in [1.82, 2.24) is 18.9 Å². The summed E-state index contributed by atoms with van der Waals surface area (Å²) in [6, 6.07) is 0. The number of hydrogen-bond acceptors (Lipinski definition) is 5. The molecule has 0 saturated heterocycles. The average molecular weight is 297 g/mol. The minimum atomic E-state index is -0.321. The summed E-state index contributed by atoms with van der Waals surface area (Å²) in [7, 11) is 1.39. The van der Waals surface area contributed by atoms with E-state index in [-0.39, 0.29) is 16.5 Å². The minimum absolute atomic E-state index is 0.0465. The maximum absolute atomic E-state index is 12.1. The summed E-state index contributed by atoms with van der Waals surface area (Å²) in [5.74, 6) is 0.0465. The summed E-state index contributed by atoms with van der Waals surface area (Å²) in [6.45, 7) is 0.327. The van der Waals surface area contributed by atoms with Crippen LogP contribution >= 0.6 is 22.9 Å². The number of ether oxygens (including phenoxy) is 1. The average Bonchev–Trinajstić information content (AvgIpc) is 2.94. The molecule has 0 amide bonds. The normalized spacial score (nSPS) is 11.1. The van der Waals surface area contributed by atoms with Crippen molar-refractivity contribution in [1.29, 1.82) is 0 Å². The Hall–Kier alpha value is -1.86. The van der Waals surface area contributed by atoms with Gasteiger partial charge in [-0.15, -0.1) is 11.3 Å². The quantitative estimate of drug-likeness (QED) is 0.690. The highest BCUT2D eigenvalue weighted by Crippen LogP contribution is 2.16. The lowest BCUT2D eigenvalue weighted by Crippen LogP contribution is -2.22. The highest BCUT2D eigenvalue weighted by Gasteiger charge is 2.11. The van der Waals surface area contributed by atoms with Crippen LogP contribution in [0.4, 0.5) is 0 Å². The SMILES string of the molecule is COc1c(Cl)ncn(Cc2cn3ccsc3n2)c1=O. The Labute approximate surface area is 116 Å². The number of thiazole rings is 1. The van der Waals surface area contributed by atoms with Crippen molar-refractivity contribution in [2.45, 2.75) is 6.54 Å². The molecule has 98 valence electrons. The molecule has 0 spiro atoms. The smallest absolute Gasteiger partial charge is 0.297 e. The largest absolute Gasteiger partial charge is 0.489 e. The minimum Gasteiger partial charge on any atom is -0.489 e. The lowest BCUT2D eigenvalue weighted by molar-refractivity contribution is 0.400. The van der Waals surface area contributed by atoms with Crippen molar-refractivity contribution >= 4 is 27.9 Å². The van der Waals surface area contributed by atoms with Gasteiger partial charge in [0.15, 0.2) is 10.1 Å². The molecule has 6 nitrogen and oxygen atoms in total. The molecule has 3 aromatic heterocycles. The van der Waals surface area contributed by atoms with Gasteiger partial charge in [-0.05, 0) is 0 Å². The first kappa shape index (κ1) is 12.2. The van der Waals surface area contributed by atoms with Crippen LogP contribution in [0, 0.1) is 0 Å². The third kappa shape index (κ3) is 2.11. The van der Waals surface area contributed by atoms with E-state index >= 15 is 0 Å². The molecule has 0 atom stereocenters. The molecule has 3 heterocycles. The van der Waals surface area contributed by atoms with E-state index in [1.54, 1.807) is 0 Å². The highest BCUT2D eigenvalue weighted by molar-refractivity contribution is 7.15. The van der Waals surface area contributed by atoms with Gasteiger partial charge in [-0.25, -0.2) is 9.97 Å². The first-order valence-electron chi connectivity index (χ1n) is 5.39. The van der Waals surface area contributed by atoms with E-state index in [1.807, 2.05) is 22.2 Å². The van der Waals surface area contributed by atoms with Gasteiger partial charge in [0, 0.05) is 17.8 Å². The Morgan fingerprint density at radius 2 is 2.37 bits per heavy atom. The number of aromatic nitrogens is 4. The van der Waals surface area contributed by atoms with Crippen LogP contribution in [0.15, 0.2) is 28.9 Å². The summed E-state index contributed by atoms with van der Waals surface area (Å²) < 4.78 is 8.27. The molecule has 0 aliphatic rings. The van der Waals surface area contributed by atoms with Crippen LogP contribution in [0.25, 0.3) is 4.96 Å². The Balaban J connectivity index is 1.99. The predicted octanol–water partition coefficient (Wildman–Crippen LogP) is 1.66. The first-order valence-corrected chi connectivity index (χ1v) is 6.65. The van der Waals surface area contributed by atoms with Crippen LogP contribution in [-0.2, 0) is 6.54 Å². The van der Waals surface area contributed by atoms with Crippen molar-refractivity contribution in [3.8, 4) is 5.75 Å². The second-order valence-corrected chi connectivity index (χ2v) is 5.06. The van der Waals surface area contributed by atoms with Crippen LogP contribution in [0.2, 0.25) is 5.15 Å². The molecular formula is C11H9ClN4O2S. The molecule has 0 aliphatic carbocycles. The molecular weight excluding hydrogens is 288 g/mol. The van der Waals surface area contributed by atoms with E-state index in [4.69, 9.17) is 16.3 Å². The Morgan fingerprint density at radius 3 is 3.11 bits per heavy atom. The number of nitrogens with zero attached hydrogens (tertiary/aromatic N) is 4. The lowest BCUT2D eigenvalue weighted by atomic mass is 10.4. The van der Waals surface area contributed by atoms with E-state index in [1.165, 1.54) is 29.3 Å². The number of imidazole rings is 1. The third-order valence-corrected chi connectivity index (χ3v) is 3.67. The molecule has 3 aromatic rings. The zero-order valence-corrected chi connectivity index (χ0v) is 11.5. The standard InChI is InChI=1S/C11H9ClN4O2S/c1-18-8-9(12)13-6-16(10(8)17)5-7-4-15-2-3-19-11(15)14-7/h2-4,6H,5H2,1H3. The number of fused-ring (bicyclic) bond motifs is 1. The number of rotatable bonds is 3. The van der Waals surface area contributed by atoms with Crippen molar-refractivity contribution < 1.29 is 4.74 Å². The van der Waals surface area contributed by atoms with E-state index in [0.29, 0.717) is 6.54 Å². The molecule has 0 fully saturated rings. The summed E-state index contributed by atoms with van der Waals surface area (Å²) in [5.41, 5.74) is 0.457. The number of halogens is 1. The van der Waals surface area contributed by atoms with Gasteiger partial charge >= 0.3 is 0 Å².